The zero-order chi connectivity index (χ0) is 17.0. The van der Waals surface area contributed by atoms with Crippen molar-refractivity contribution in [3.8, 4) is 0 Å². The van der Waals surface area contributed by atoms with Crippen molar-refractivity contribution in [2.75, 3.05) is 5.32 Å². The molecule has 1 amide bonds. The molecule has 2 N–H and O–H groups in total. The summed E-state index contributed by atoms with van der Waals surface area (Å²) in [5, 5.41) is 12.6. The third-order valence-corrected chi connectivity index (χ3v) is 3.90. The van der Waals surface area contributed by atoms with Gasteiger partial charge in [-0.15, -0.1) is 0 Å². The van der Waals surface area contributed by atoms with Gasteiger partial charge in [0, 0.05) is 20.6 Å². The molecule has 0 bridgehead atoms. The summed E-state index contributed by atoms with van der Waals surface area (Å²) in [6, 6.07) is 9.46. The van der Waals surface area contributed by atoms with E-state index in [0.717, 1.165) is 0 Å². The van der Waals surface area contributed by atoms with E-state index in [1.165, 1.54) is 24.3 Å². The average molecular weight is 415 g/mol. The maximum Gasteiger partial charge on any atom is 0.337 e. The summed E-state index contributed by atoms with van der Waals surface area (Å²) >= 11 is 15.0. The zero-order valence-corrected chi connectivity index (χ0v) is 14.6. The van der Waals surface area contributed by atoms with Crippen molar-refractivity contribution in [3.05, 3.63) is 68.1 Å². The van der Waals surface area contributed by atoms with Crippen molar-refractivity contribution in [1.29, 1.82) is 0 Å². The van der Waals surface area contributed by atoms with Crippen molar-refractivity contribution in [2.45, 2.75) is 0 Å². The fourth-order valence-corrected chi connectivity index (χ4v) is 2.61. The van der Waals surface area contributed by atoms with Crippen molar-refractivity contribution < 1.29 is 14.7 Å². The number of benzene rings is 2. The highest BCUT2D eigenvalue weighted by Gasteiger charge is 2.12. The molecule has 23 heavy (non-hydrogen) atoms. The van der Waals surface area contributed by atoms with Crippen LogP contribution in [0.4, 0.5) is 5.69 Å². The third kappa shape index (κ3) is 4.82. The average Bonchev–Trinajstić information content (AvgIpc) is 2.48. The molecule has 2 aromatic carbocycles. The van der Waals surface area contributed by atoms with Gasteiger partial charge in [-0.3, -0.25) is 4.79 Å². The van der Waals surface area contributed by atoms with Crippen LogP contribution in [-0.2, 0) is 4.79 Å². The van der Waals surface area contributed by atoms with Crippen LogP contribution in [0.15, 0.2) is 46.9 Å². The molecule has 0 atom stereocenters. The van der Waals surface area contributed by atoms with E-state index < -0.39 is 11.9 Å². The number of rotatable bonds is 4. The lowest BCUT2D eigenvalue weighted by Gasteiger charge is -2.07. The van der Waals surface area contributed by atoms with Crippen molar-refractivity contribution in [2.24, 2.45) is 0 Å². The molecule has 0 aliphatic rings. The van der Waals surface area contributed by atoms with E-state index in [0.29, 0.717) is 20.1 Å². The Balaban J connectivity index is 2.17. The minimum absolute atomic E-state index is 0.00866. The molecule has 0 unspecified atom stereocenters. The highest BCUT2D eigenvalue weighted by atomic mass is 79.9. The molecule has 4 nitrogen and oxygen atoms in total. The number of nitrogens with one attached hydrogen (secondary N) is 1. The highest BCUT2D eigenvalue weighted by Crippen LogP contribution is 2.23. The Morgan fingerprint density at radius 2 is 1.87 bits per heavy atom. The van der Waals surface area contributed by atoms with Crippen LogP contribution in [0.2, 0.25) is 10.0 Å². The lowest BCUT2D eigenvalue weighted by atomic mass is 10.1. The second kappa shape index (κ2) is 7.64. The van der Waals surface area contributed by atoms with Gasteiger partial charge < -0.3 is 10.4 Å². The SMILES string of the molecule is O=C(/C=C/c1ccc(Cl)cc1Cl)Nc1ccc(Br)cc1C(=O)O. The fraction of sp³-hybridized carbons (Fsp3) is 0. The smallest absolute Gasteiger partial charge is 0.337 e. The van der Waals surface area contributed by atoms with Gasteiger partial charge in [-0.1, -0.05) is 45.2 Å². The maximum atomic E-state index is 12.0. The molecule has 0 saturated carbocycles. The molecule has 2 aromatic rings. The van der Waals surface area contributed by atoms with E-state index in [-0.39, 0.29) is 11.3 Å². The summed E-state index contributed by atoms with van der Waals surface area (Å²) in [6.45, 7) is 0. The minimum atomic E-state index is -1.13. The number of amides is 1. The number of halogens is 3. The molecule has 2 rings (SSSR count). The van der Waals surface area contributed by atoms with Gasteiger partial charge in [0.05, 0.1) is 11.3 Å². The zero-order valence-electron chi connectivity index (χ0n) is 11.5. The molecule has 7 heteroatoms. The van der Waals surface area contributed by atoms with E-state index in [1.807, 2.05) is 0 Å². The molecule has 0 aliphatic carbocycles. The highest BCUT2D eigenvalue weighted by molar-refractivity contribution is 9.10. The first-order valence-corrected chi connectivity index (χ1v) is 7.88. The number of carbonyl (C=O) groups is 2. The van der Waals surface area contributed by atoms with Gasteiger partial charge in [0.15, 0.2) is 0 Å². The summed E-state index contributed by atoms with van der Waals surface area (Å²) in [5.41, 5.74) is 0.823. The van der Waals surface area contributed by atoms with Crippen LogP contribution < -0.4 is 5.32 Å². The van der Waals surface area contributed by atoms with Crippen LogP contribution in [0.25, 0.3) is 6.08 Å². The summed E-state index contributed by atoms with van der Waals surface area (Å²) in [5.74, 6) is -1.60. The predicted octanol–water partition coefficient (Wildman–Crippen LogP) is 5.11. The van der Waals surface area contributed by atoms with Crippen LogP contribution in [0, 0.1) is 0 Å². The molecular weight excluding hydrogens is 405 g/mol. The Morgan fingerprint density at radius 3 is 2.52 bits per heavy atom. The second-order valence-electron chi connectivity index (χ2n) is 4.48. The Hall–Kier alpha value is -1.82. The van der Waals surface area contributed by atoms with E-state index in [9.17, 15) is 9.59 Å². The summed E-state index contributed by atoms with van der Waals surface area (Å²) < 4.78 is 0.608. The van der Waals surface area contributed by atoms with Crippen molar-refractivity contribution in [1.82, 2.24) is 0 Å². The topological polar surface area (TPSA) is 66.4 Å². The van der Waals surface area contributed by atoms with Gasteiger partial charge >= 0.3 is 5.97 Å². The Labute approximate surface area is 150 Å². The first kappa shape index (κ1) is 17.5. The monoisotopic (exact) mass is 413 g/mol. The molecule has 0 aromatic heterocycles. The van der Waals surface area contributed by atoms with E-state index in [2.05, 4.69) is 21.2 Å². The molecule has 0 spiro atoms. The molecule has 118 valence electrons. The third-order valence-electron chi connectivity index (χ3n) is 2.85. The Kier molecular flexibility index (Phi) is 5.82. The van der Waals surface area contributed by atoms with Crippen LogP contribution in [0.5, 0.6) is 0 Å². The van der Waals surface area contributed by atoms with Crippen molar-refractivity contribution >= 4 is 62.8 Å². The molecule has 0 fully saturated rings. The van der Waals surface area contributed by atoms with Gasteiger partial charge in [0.2, 0.25) is 5.91 Å². The summed E-state index contributed by atoms with van der Waals surface area (Å²) in [6.07, 6.45) is 2.79. The summed E-state index contributed by atoms with van der Waals surface area (Å²) in [7, 11) is 0. The first-order valence-electron chi connectivity index (χ1n) is 6.34. The number of anilines is 1. The normalized spacial score (nSPS) is 10.7. The Bertz CT molecular complexity index is 806. The van der Waals surface area contributed by atoms with Crippen LogP contribution >= 0.6 is 39.1 Å². The maximum absolute atomic E-state index is 12.0. The van der Waals surface area contributed by atoms with Crippen molar-refractivity contribution in [3.63, 3.8) is 0 Å². The number of carboxylic acids is 1. The predicted molar refractivity (Wildman–Crippen MR) is 95.2 cm³/mol. The number of aromatic carboxylic acids is 1. The molecular formula is C16H10BrCl2NO3. The second-order valence-corrected chi connectivity index (χ2v) is 6.24. The van der Waals surface area contributed by atoms with Crippen LogP contribution in [0.3, 0.4) is 0 Å². The molecule has 0 heterocycles. The Morgan fingerprint density at radius 1 is 1.13 bits per heavy atom. The quantitative estimate of drug-likeness (QED) is 0.683. The number of hydrogen-bond acceptors (Lipinski definition) is 2. The van der Waals surface area contributed by atoms with E-state index in [4.69, 9.17) is 28.3 Å². The number of carboxylic acid groups (broad SMARTS) is 1. The van der Waals surface area contributed by atoms with Crippen LogP contribution in [-0.4, -0.2) is 17.0 Å². The first-order chi connectivity index (χ1) is 10.9. The minimum Gasteiger partial charge on any atom is -0.478 e. The number of carbonyl (C=O) groups excluding carboxylic acids is 1. The largest absolute Gasteiger partial charge is 0.478 e. The molecule has 0 aliphatic heterocycles. The van der Waals surface area contributed by atoms with Gasteiger partial charge in [-0.2, -0.15) is 0 Å². The fourth-order valence-electron chi connectivity index (χ4n) is 1.78. The lowest BCUT2D eigenvalue weighted by Crippen LogP contribution is -2.12. The number of hydrogen-bond donors (Lipinski definition) is 2. The van der Waals surface area contributed by atoms with Gasteiger partial charge in [0.25, 0.3) is 0 Å². The standard InChI is InChI=1S/C16H10BrCl2NO3/c17-10-3-5-14(12(7-10)16(22)23)20-15(21)6-2-9-1-4-11(18)8-13(9)19/h1-8H,(H,20,21)(H,22,23)/b6-2+. The molecule has 0 saturated heterocycles. The van der Waals surface area contributed by atoms with Gasteiger partial charge in [-0.25, -0.2) is 4.79 Å². The van der Waals surface area contributed by atoms with E-state index >= 15 is 0 Å². The van der Waals surface area contributed by atoms with Crippen LogP contribution in [0.1, 0.15) is 15.9 Å². The molecule has 0 radical (unpaired) electrons. The van der Waals surface area contributed by atoms with Gasteiger partial charge in [0.1, 0.15) is 0 Å². The van der Waals surface area contributed by atoms with E-state index in [1.54, 1.807) is 24.3 Å². The summed E-state index contributed by atoms with van der Waals surface area (Å²) in [4.78, 5) is 23.1. The lowest BCUT2D eigenvalue weighted by molar-refractivity contribution is -0.111. The van der Waals surface area contributed by atoms with Gasteiger partial charge in [-0.05, 0) is 42.0 Å².